The van der Waals surface area contributed by atoms with Crippen LogP contribution in [0.1, 0.15) is 13.3 Å². The van der Waals surface area contributed by atoms with Crippen molar-refractivity contribution in [3.05, 3.63) is 65.9 Å². The molecule has 1 aliphatic rings. The monoisotopic (exact) mass is 549 g/mol. The molecule has 12 nitrogen and oxygen atoms in total. The van der Waals surface area contributed by atoms with Gasteiger partial charge in [0.15, 0.2) is 17.3 Å². The van der Waals surface area contributed by atoms with Crippen molar-refractivity contribution in [3.8, 4) is 5.82 Å². The van der Waals surface area contributed by atoms with E-state index in [1.165, 1.54) is 35.8 Å². The Kier molecular flexibility index (Phi) is 7.44. The number of fused-ring (bicyclic) bond motifs is 1. The number of nitrogens with zero attached hydrogens (tertiary/aromatic N) is 8. The van der Waals surface area contributed by atoms with Crippen LogP contribution in [0, 0.1) is 0 Å². The zero-order chi connectivity index (χ0) is 27.6. The van der Waals surface area contributed by atoms with Gasteiger partial charge in [-0.1, -0.05) is 13.0 Å². The van der Waals surface area contributed by atoms with E-state index in [4.69, 9.17) is 4.74 Å². The first-order chi connectivity index (χ1) is 18.8. The van der Waals surface area contributed by atoms with Crippen molar-refractivity contribution in [2.45, 2.75) is 26.0 Å². The highest BCUT2D eigenvalue weighted by atomic mass is 32.2. The average Bonchev–Trinajstić information content (AvgIpc) is 3.19. The van der Waals surface area contributed by atoms with Crippen LogP contribution in [0.3, 0.4) is 0 Å². The summed E-state index contributed by atoms with van der Waals surface area (Å²) in [6.45, 7) is 8.55. The molecule has 0 amide bonds. The van der Waals surface area contributed by atoms with E-state index in [-0.39, 0.29) is 24.0 Å². The average molecular weight is 550 g/mol. The number of allylic oxidation sites excluding steroid dienone is 1. The zero-order valence-corrected chi connectivity index (χ0v) is 23.0. The standard InChI is InChI=1S/C26H31N9O3S/c1-5-11-34-25(36)21-14-28-26(29-18-7-9-19(10-8-18)33-12-13-38-20(6-2)17-33)31-24(21)35(34)23-16-27-15-22(30-23)32-39(3,4)37/h5,7-10,14-16,20H,1,6,11-13,17H2,2-4H3,(H,28,29,31)/t20-/m1/s1. The van der Waals surface area contributed by atoms with Crippen molar-refractivity contribution >= 4 is 43.9 Å². The third-order valence-electron chi connectivity index (χ3n) is 6.20. The second kappa shape index (κ2) is 10.9. The molecule has 1 N–H and O–H groups in total. The molecule has 204 valence electrons. The summed E-state index contributed by atoms with van der Waals surface area (Å²) in [5.41, 5.74) is 1.98. The molecule has 0 unspecified atom stereocenters. The largest absolute Gasteiger partial charge is 0.375 e. The highest BCUT2D eigenvalue weighted by Gasteiger charge is 2.20. The van der Waals surface area contributed by atoms with Gasteiger partial charge in [0.05, 0.1) is 31.6 Å². The van der Waals surface area contributed by atoms with Crippen molar-refractivity contribution in [1.82, 2.24) is 29.3 Å². The molecule has 1 aliphatic heterocycles. The van der Waals surface area contributed by atoms with E-state index >= 15 is 0 Å². The van der Waals surface area contributed by atoms with Gasteiger partial charge in [0.25, 0.3) is 5.56 Å². The Labute approximate surface area is 226 Å². The number of morpholine rings is 1. The highest BCUT2D eigenvalue weighted by Crippen LogP contribution is 2.24. The van der Waals surface area contributed by atoms with Crippen molar-refractivity contribution in [2.24, 2.45) is 4.36 Å². The molecule has 0 saturated carbocycles. The summed E-state index contributed by atoms with van der Waals surface area (Å²) in [5, 5.41) is 3.54. The SMILES string of the molecule is C=CCn1c(=O)c2cnc(Nc3ccc(N4CCO[C@H](CC)C4)cc3)nc2n1-c1cncc(N=S(C)(C)=O)n1. The minimum Gasteiger partial charge on any atom is -0.375 e. The van der Waals surface area contributed by atoms with Crippen LogP contribution < -0.4 is 15.8 Å². The lowest BCUT2D eigenvalue weighted by Gasteiger charge is -2.34. The van der Waals surface area contributed by atoms with Crippen molar-refractivity contribution in [2.75, 3.05) is 42.4 Å². The van der Waals surface area contributed by atoms with Crippen molar-refractivity contribution < 1.29 is 8.95 Å². The van der Waals surface area contributed by atoms with E-state index in [2.05, 4.69) is 60.2 Å². The van der Waals surface area contributed by atoms with Gasteiger partial charge in [-0.3, -0.25) is 9.78 Å². The smallest absolute Gasteiger partial charge is 0.278 e. The molecule has 3 aromatic heterocycles. The first kappa shape index (κ1) is 26.5. The minimum atomic E-state index is -2.46. The van der Waals surface area contributed by atoms with Gasteiger partial charge in [-0.25, -0.2) is 23.5 Å². The van der Waals surface area contributed by atoms with Gasteiger partial charge in [-0.15, -0.1) is 6.58 Å². The van der Waals surface area contributed by atoms with Gasteiger partial charge in [-0.05, 0) is 30.7 Å². The summed E-state index contributed by atoms with van der Waals surface area (Å²) < 4.78 is 25.1. The molecule has 1 saturated heterocycles. The number of aromatic nitrogens is 6. The Morgan fingerprint density at radius 1 is 1.21 bits per heavy atom. The maximum atomic E-state index is 13.2. The molecule has 0 spiro atoms. The van der Waals surface area contributed by atoms with Crippen LogP contribution in [-0.4, -0.2) is 71.8 Å². The molecular formula is C26H31N9O3S. The lowest BCUT2D eigenvalue weighted by atomic mass is 10.2. The van der Waals surface area contributed by atoms with Gasteiger partial charge in [0.1, 0.15) is 5.39 Å². The molecule has 1 aromatic carbocycles. The summed E-state index contributed by atoms with van der Waals surface area (Å²) in [5.74, 6) is 0.815. The molecule has 4 aromatic rings. The van der Waals surface area contributed by atoms with E-state index in [1.807, 2.05) is 12.1 Å². The molecule has 0 radical (unpaired) electrons. The van der Waals surface area contributed by atoms with Crippen LogP contribution >= 0.6 is 0 Å². The van der Waals surface area contributed by atoms with Gasteiger partial charge in [0.2, 0.25) is 5.95 Å². The summed E-state index contributed by atoms with van der Waals surface area (Å²) in [4.78, 5) is 33.2. The molecule has 4 heterocycles. The maximum Gasteiger partial charge on any atom is 0.278 e. The van der Waals surface area contributed by atoms with Gasteiger partial charge >= 0.3 is 0 Å². The van der Waals surface area contributed by atoms with E-state index in [9.17, 15) is 9.00 Å². The fraction of sp³-hybridized carbons (Fsp3) is 0.346. The third-order valence-corrected chi connectivity index (χ3v) is 6.83. The van der Waals surface area contributed by atoms with Crippen molar-refractivity contribution in [1.29, 1.82) is 0 Å². The Balaban J connectivity index is 1.49. The molecule has 0 bridgehead atoms. The second-order valence-corrected chi connectivity index (χ2v) is 12.0. The zero-order valence-electron chi connectivity index (χ0n) is 22.1. The lowest BCUT2D eigenvalue weighted by molar-refractivity contribution is 0.0384. The summed E-state index contributed by atoms with van der Waals surface area (Å²) >= 11 is 0. The Morgan fingerprint density at radius 2 is 2.00 bits per heavy atom. The number of anilines is 3. The number of nitrogens with one attached hydrogen (secondary N) is 1. The lowest BCUT2D eigenvalue weighted by Crippen LogP contribution is -2.42. The van der Waals surface area contributed by atoms with Crippen LogP contribution in [0.15, 0.2) is 64.7 Å². The van der Waals surface area contributed by atoms with Gasteiger partial charge in [-0.2, -0.15) is 9.35 Å². The third kappa shape index (κ3) is 5.83. The molecule has 1 fully saturated rings. The Morgan fingerprint density at radius 3 is 2.72 bits per heavy atom. The van der Waals surface area contributed by atoms with E-state index < -0.39 is 9.73 Å². The number of rotatable bonds is 8. The summed E-state index contributed by atoms with van der Waals surface area (Å²) in [6, 6.07) is 8.05. The minimum absolute atomic E-state index is 0.194. The van der Waals surface area contributed by atoms with Gasteiger partial charge < -0.3 is 15.0 Å². The molecule has 0 aliphatic carbocycles. The highest BCUT2D eigenvalue weighted by molar-refractivity contribution is 7.92. The summed E-state index contributed by atoms with van der Waals surface area (Å²) in [6.07, 6.45) is 10.3. The Bertz CT molecular complexity index is 1680. The second-order valence-electron chi connectivity index (χ2n) is 9.45. The van der Waals surface area contributed by atoms with E-state index in [0.717, 1.165) is 37.5 Å². The van der Waals surface area contributed by atoms with Crippen LogP contribution in [-0.2, 0) is 21.0 Å². The first-order valence-corrected chi connectivity index (χ1v) is 14.9. The normalized spacial score (nSPS) is 15.9. The predicted molar refractivity (Wildman–Crippen MR) is 153 cm³/mol. The number of ether oxygens (including phenoxy) is 1. The van der Waals surface area contributed by atoms with Crippen LogP contribution in [0.2, 0.25) is 0 Å². The predicted octanol–water partition coefficient (Wildman–Crippen LogP) is 3.28. The molecule has 39 heavy (non-hydrogen) atoms. The van der Waals surface area contributed by atoms with Crippen LogP contribution in [0.5, 0.6) is 0 Å². The molecule has 13 heteroatoms. The number of hydrogen-bond donors (Lipinski definition) is 1. The van der Waals surface area contributed by atoms with Crippen LogP contribution in [0.25, 0.3) is 16.9 Å². The number of hydrogen-bond acceptors (Lipinski definition) is 10. The van der Waals surface area contributed by atoms with Crippen LogP contribution in [0.4, 0.5) is 23.1 Å². The molecule has 1 atom stereocenters. The summed E-state index contributed by atoms with van der Waals surface area (Å²) in [7, 11) is -2.46. The number of benzene rings is 1. The maximum absolute atomic E-state index is 13.2. The van der Waals surface area contributed by atoms with E-state index in [1.54, 1.807) is 10.8 Å². The molecular weight excluding hydrogens is 518 g/mol. The van der Waals surface area contributed by atoms with E-state index in [0.29, 0.717) is 22.8 Å². The topological polar surface area (TPSA) is 132 Å². The van der Waals surface area contributed by atoms with Crippen molar-refractivity contribution in [3.63, 3.8) is 0 Å². The van der Waals surface area contributed by atoms with Gasteiger partial charge in [0, 0.05) is 52.9 Å². The Hall–Kier alpha value is -4.10. The first-order valence-electron chi connectivity index (χ1n) is 12.6. The quantitative estimate of drug-likeness (QED) is 0.329. The fourth-order valence-electron chi connectivity index (χ4n) is 4.41. The fourth-order valence-corrected chi connectivity index (χ4v) is 4.95. The molecule has 5 rings (SSSR count).